The molecule has 0 unspecified atom stereocenters. The smallest absolute Gasteiger partial charge is 0.186 e. The highest BCUT2D eigenvalue weighted by molar-refractivity contribution is 7.91. The minimum Gasteiger partial charge on any atom is -0.398 e. The predicted molar refractivity (Wildman–Crippen MR) is 78.2 cm³/mol. The summed E-state index contributed by atoms with van der Waals surface area (Å²) in [6, 6.07) is 8.55. The van der Waals surface area contributed by atoms with Crippen LogP contribution in [-0.2, 0) is 15.6 Å². The van der Waals surface area contributed by atoms with E-state index in [9.17, 15) is 12.8 Å². The van der Waals surface area contributed by atoms with Crippen molar-refractivity contribution in [2.45, 2.75) is 10.6 Å². The van der Waals surface area contributed by atoms with E-state index >= 15 is 0 Å². The third kappa shape index (κ3) is 2.90. The molecule has 0 fully saturated rings. The minimum atomic E-state index is -3.87. The van der Waals surface area contributed by atoms with E-state index in [-0.39, 0.29) is 26.2 Å². The van der Waals surface area contributed by atoms with E-state index in [1.807, 2.05) is 0 Å². The van der Waals surface area contributed by atoms with Crippen LogP contribution in [0.2, 0.25) is 10.0 Å². The average molecular weight is 334 g/mol. The molecule has 0 saturated carbocycles. The van der Waals surface area contributed by atoms with Crippen LogP contribution in [0.1, 0.15) is 5.56 Å². The second-order valence-electron chi connectivity index (χ2n) is 4.13. The molecule has 0 aliphatic rings. The number of benzene rings is 2. The van der Waals surface area contributed by atoms with Gasteiger partial charge in [0.1, 0.15) is 10.7 Å². The number of anilines is 1. The van der Waals surface area contributed by atoms with Gasteiger partial charge in [-0.3, -0.25) is 0 Å². The average Bonchev–Trinajstić information content (AvgIpc) is 2.34. The number of nitrogens with two attached hydrogens (primary N) is 1. The number of hydrogen-bond acceptors (Lipinski definition) is 3. The van der Waals surface area contributed by atoms with Gasteiger partial charge in [0.25, 0.3) is 0 Å². The van der Waals surface area contributed by atoms with E-state index in [4.69, 9.17) is 28.9 Å². The second-order valence-corrected chi connectivity index (χ2v) is 6.87. The second kappa shape index (κ2) is 5.60. The molecular weight excluding hydrogens is 324 g/mol. The molecule has 0 aliphatic carbocycles. The molecule has 0 saturated heterocycles. The third-order valence-electron chi connectivity index (χ3n) is 2.69. The molecule has 2 N–H and O–H groups in total. The molecule has 2 aromatic carbocycles. The number of rotatable bonds is 3. The molecule has 106 valence electrons. The Morgan fingerprint density at radius 3 is 2.30 bits per heavy atom. The summed E-state index contributed by atoms with van der Waals surface area (Å²) in [7, 11) is -3.87. The maximum absolute atomic E-state index is 13.8. The van der Waals surface area contributed by atoms with Gasteiger partial charge in [-0.2, -0.15) is 0 Å². The fourth-order valence-electron chi connectivity index (χ4n) is 1.79. The van der Waals surface area contributed by atoms with Crippen LogP contribution in [0.3, 0.4) is 0 Å². The van der Waals surface area contributed by atoms with E-state index in [0.717, 1.165) is 0 Å². The molecule has 0 aliphatic heterocycles. The van der Waals surface area contributed by atoms with Crippen molar-refractivity contribution in [2.24, 2.45) is 0 Å². The summed E-state index contributed by atoms with van der Waals surface area (Å²) in [5.41, 5.74) is 5.64. The Morgan fingerprint density at radius 2 is 1.65 bits per heavy atom. The minimum absolute atomic E-state index is 0.00689. The fourth-order valence-corrected chi connectivity index (χ4v) is 4.09. The highest BCUT2D eigenvalue weighted by Crippen LogP contribution is 2.31. The summed E-state index contributed by atoms with van der Waals surface area (Å²) in [6.07, 6.45) is 0. The van der Waals surface area contributed by atoms with Crippen molar-refractivity contribution in [3.63, 3.8) is 0 Å². The van der Waals surface area contributed by atoms with Crippen molar-refractivity contribution in [2.75, 3.05) is 5.73 Å². The number of sulfone groups is 1. The van der Waals surface area contributed by atoms with Crippen molar-refractivity contribution in [3.05, 3.63) is 57.8 Å². The normalized spacial score (nSPS) is 11.6. The molecule has 0 aromatic heterocycles. The van der Waals surface area contributed by atoms with Gasteiger partial charge in [0, 0.05) is 5.56 Å². The molecular formula is C13H10Cl2FNO2S. The molecule has 2 aromatic rings. The maximum Gasteiger partial charge on any atom is 0.186 e. The molecule has 7 heteroatoms. The summed E-state index contributed by atoms with van der Waals surface area (Å²) in [4.78, 5) is -0.193. The van der Waals surface area contributed by atoms with Crippen LogP contribution in [0.5, 0.6) is 0 Å². The highest BCUT2D eigenvalue weighted by Gasteiger charge is 2.23. The van der Waals surface area contributed by atoms with Crippen LogP contribution in [0, 0.1) is 5.82 Å². The van der Waals surface area contributed by atoms with Crippen LogP contribution in [-0.4, -0.2) is 8.42 Å². The SMILES string of the molecule is Nc1cccc(Cl)c1S(=O)(=O)Cc1cccc(Cl)c1F. The summed E-state index contributed by atoms with van der Waals surface area (Å²) in [5.74, 6) is -1.32. The first-order chi connectivity index (χ1) is 9.33. The lowest BCUT2D eigenvalue weighted by molar-refractivity contribution is 0.587. The van der Waals surface area contributed by atoms with Crippen molar-refractivity contribution in [3.8, 4) is 0 Å². The predicted octanol–water partition coefficient (Wildman–Crippen LogP) is 3.69. The Balaban J connectivity index is 2.50. The number of nitrogen functional groups attached to an aromatic ring is 1. The largest absolute Gasteiger partial charge is 0.398 e. The zero-order valence-corrected chi connectivity index (χ0v) is 12.4. The molecule has 0 bridgehead atoms. The monoisotopic (exact) mass is 333 g/mol. The molecule has 0 spiro atoms. The first kappa shape index (κ1) is 15.1. The van der Waals surface area contributed by atoms with Crippen LogP contribution in [0.15, 0.2) is 41.3 Å². The zero-order valence-electron chi connectivity index (χ0n) is 10.1. The Labute approximate surface area is 126 Å². The first-order valence-electron chi connectivity index (χ1n) is 5.52. The maximum atomic E-state index is 13.8. The molecule has 0 atom stereocenters. The van der Waals surface area contributed by atoms with Crippen molar-refractivity contribution >= 4 is 38.7 Å². The van der Waals surface area contributed by atoms with Crippen LogP contribution in [0.4, 0.5) is 10.1 Å². The Bertz CT molecular complexity index is 743. The molecule has 3 nitrogen and oxygen atoms in total. The number of hydrogen-bond donors (Lipinski definition) is 1. The summed E-state index contributed by atoms with van der Waals surface area (Å²) in [6.45, 7) is 0. The molecule has 20 heavy (non-hydrogen) atoms. The fraction of sp³-hybridized carbons (Fsp3) is 0.0769. The van der Waals surface area contributed by atoms with E-state index in [0.29, 0.717) is 0 Å². The van der Waals surface area contributed by atoms with E-state index in [1.54, 1.807) is 0 Å². The lowest BCUT2D eigenvalue weighted by atomic mass is 10.2. The Morgan fingerprint density at radius 1 is 1.05 bits per heavy atom. The third-order valence-corrected chi connectivity index (χ3v) is 5.17. The van der Waals surface area contributed by atoms with Gasteiger partial charge in [-0.15, -0.1) is 0 Å². The van der Waals surface area contributed by atoms with Crippen LogP contribution < -0.4 is 5.73 Å². The van der Waals surface area contributed by atoms with Gasteiger partial charge in [0.15, 0.2) is 9.84 Å². The Hall–Kier alpha value is -1.30. The van der Waals surface area contributed by atoms with Crippen LogP contribution >= 0.6 is 23.2 Å². The standard InChI is InChI=1S/C13H10Cl2FNO2S/c14-9-4-1-3-8(12(9)16)7-20(18,19)13-10(15)5-2-6-11(13)17/h1-6H,7,17H2. The molecule has 2 rings (SSSR count). The summed E-state index contributed by atoms with van der Waals surface area (Å²) < 4.78 is 38.5. The molecule has 0 radical (unpaired) electrons. The van der Waals surface area contributed by atoms with Crippen molar-refractivity contribution < 1.29 is 12.8 Å². The van der Waals surface area contributed by atoms with Gasteiger partial charge >= 0.3 is 0 Å². The summed E-state index contributed by atoms with van der Waals surface area (Å²) in [5, 5.41) is -0.128. The van der Waals surface area contributed by atoms with E-state index < -0.39 is 21.4 Å². The number of halogens is 3. The van der Waals surface area contributed by atoms with Crippen molar-refractivity contribution in [1.82, 2.24) is 0 Å². The summed E-state index contributed by atoms with van der Waals surface area (Å²) >= 11 is 11.5. The van der Waals surface area contributed by atoms with Gasteiger partial charge in [-0.25, -0.2) is 12.8 Å². The molecule has 0 heterocycles. The van der Waals surface area contributed by atoms with Gasteiger partial charge in [0.05, 0.1) is 21.5 Å². The Kier molecular flexibility index (Phi) is 4.22. The van der Waals surface area contributed by atoms with E-state index in [1.165, 1.54) is 36.4 Å². The van der Waals surface area contributed by atoms with Gasteiger partial charge in [-0.1, -0.05) is 41.4 Å². The molecule has 0 amide bonds. The highest BCUT2D eigenvalue weighted by atomic mass is 35.5. The first-order valence-corrected chi connectivity index (χ1v) is 7.93. The quantitative estimate of drug-likeness (QED) is 0.871. The lowest BCUT2D eigenvalue weighted by Gasteiger charge is -2.10. The van der Waals surface area contributed by atoms with Gasteiger partial charge in [-0.05, 0) is 18.2 Å². The zero-order chi connectivity index (χ0) is 14.9. The van der Waals surface area contributed by atoms with Crippen LogP contribution in [0.25, 0.3) is 0 Å². The topological polar surface area (TPSA) is 60.2 Å². The van der Waals surface area contributed by atoms with Crippen molar-refractivity contribution in [1.29, 1.82) is 0 Å². The lowest BCUT2D eigenvalue weighted by Crippen LogP contribution is -2.10. The van der Waals surface area contributed by atoms with E-state index in [2.05, 4.69) is 0 Å². The van der Waals surface area contributed by atoms with Gasteiger partial charge in [0.2, 0.25) is 0 Å². The van der Waals surface area contributed by atoms with Gasteiger partial charge < -0.3 is 5.73 Å².